The van der Waals surface area contributed by atoms with Crippen LogP contribution in [0.15, 0.2) is 0 Å². The number of methoxy groups -OCH3 is 1. The van der Waals surface area contributed by atoms with Gasteiger partial charge in [-0.15, -0.1) is 6.42 Å². The lowest BCUT2D eigenvalue weighted by Gasteiger charge is -2.20. The molecular weight excluding hydrogens is 157 g/mol. The molecule has 0 bridgehead atoms. The first-order valence-electron chi connectivity index (χ1n) is 4.08. The molecule has 12 heavy (non-hydrogen) atoms. The second kappa shape index (κ2) is 4.44. The number of hydrogen-bond donors (Lipinski definition) is 0. The van der Waals surface area contributed by atoms with E-state index in [1.54, 1.807) is 7.11 Å². The van der Waals surface area contributed by atoms with E-state index in [9.17, 15) is 4.39 Å². The van der Waals surface area contributed by atoms with Gasteiger partial charge in [0, 0.05) is 19.7 Å². The quantitative estimate of drug-likeness (QED) is 0.579. The summed E-state index contributed by atoms with van der Waals surface area (Å²) >= 11 is 0. The van der Waals surface area contributed by atoms with Crippen molar-refractivity contribution in [3.05, 3.63) is 0 Å². The maximum absolute atomic E-state index is 12.9. The highest BCUT2D eigenvalue weighted by Gasteiger charge is 2.30. The lowest BCUT2D eigenvalue weighted by molar-refractivity contribution is 0.123. The number of likely N-dealkylation sites (tertiary alicyclic amines) is 1. The lowest BCUT2D eigenvalue weighted by Crippen LogP contribution is -2.33. The van der Waals surface area contributed by atoms with Gasteiger partial charge in [0.2, 0.25) is 0 Å². The maximum atomic E-state index is 12.9. The molecule has 0 aromatic carbocycles. The molecule has 2 nitrogen and oxygen atoms in total. The minimum atomic E-state index is -0.738. The van der Waals surface area contributed by atoms with Crippen molar-refractivity contribution in [3.8, 4) is 12.3 Å². The first-order chi connectivity index (χ1) is 5.77. The average molecular weight is 171 g/mol. The molecule has 3 heteroatoms. The predicted octanol–water partition coefficient (Wildman–Crippen LogP) is 0.678. The van der Waals surface area contributed by atoms with E-state index >= 15 is 0 Å². The van der Waals surface area contributed by atoms with Gasteiger partial charge in [0.05, 0.1) is 13.2 Å². The molecule has 1 aliphatic rings. The van der Waals surface area contributed by atoms with E-state index < -0.39 is 6.17 Å². The Labute approximate surface area is 72.7 Å². The smallest absolute Gasteiger partial charge is 0.114 e. The summed E-state index contributed by atoms with van der Waals surface area (Å²) in [5, 5.41) is 0. The molecule has 0 saturated carbocycles. The van der Waals surface area contributed by atoms with Crippen LogP contribution in [0.5, 0.6) is 0 Å². The molecule has 0 unspecified atom stereocenters. The van der Waals surface area contributed by atoms with Gasteiger partial charge in [-0.25, -0.2) is 4.39 Å². The Morgan fingerprint density at radius 3 is 3.08 bits per heavy atom. The molecule has 0 radical (unpaired) electrons. The predicted molar refractivity (Wildman–Crippen MR) is 45.6 cm³/mol. The first kappa shape index (κ1) is 9.50. The second-order valence-electron chi connectivity index (χ2n) is 3.08. The highest BCUT2D eigenvalue weighted by molar-refractivity contribution is 4.95. The molecule has 1 fully saturated rings. The first-order valence-corrected chi connectivity index (χ1v) is 4.08. The molecular formula is C9H14FNO. The van der Waals surface area contributed by atoms with Crippen LogP contribution >= 0.6 is 0 Å². The van der Waals surface area contributed by atoms with Crippen LogP contribution in [0.2, 0.25) is 0 Å². The molecule has 1 rings (SSSR count). The Kier molecular flexibility index (Phi) is 3.51. The molecule has 1 aliphatic heterocycles. The summed E-state index contributed by atoms with van der Waals surface area (Å²) < 4.78 is 17.9. The fourth-order valence-corrected chi connectivity index (χ4v) is 1.60. The Hall–Kier alpha value is -0.590. The largest absolute Gasteiger partial charge is 0.383 e. The summed E-state index contributed by atoms with van der Waals surface area (Å²) in [6, 6.07) is 0.168. The topological polar surface area (TPSA) is 12.5 Å². The number of nitrogens with zero attached hydrogens (tertiary/aromatic N) is 1. The van der Waals surface area contributed by atoms with Crippen LogP contribution in [-0.4, -0.2) is 43.9 Å². The summed E-state index contributed by atoms with van der Waals surface area (Å²) in [5.74, 6) is 2.52. The van der Waals surface area contributed by atoms with Crippen molar-refractivity contribution < 1.29 is 9.13 Å². The van der Waals surface area contributed by atoms with E-state index in [2.05, 4.69) is 5.92 Å². The number of alkyl halides is 1. The van der Waals surface area contributed by atoms with Gasteiger partial charge in [-0.05, 0) is 6.42 Å². The van der Waals surface area contributed by atoms with E-state index in [0.29, 0.717) is 26.1 Å². The van der Waals surface area contributed by atoms with E-state index in [-0.39, 0.29) is 6.04 Å². The molecule has 0 amide bonds. The molecule has 2 atom stereocenters. The number of rotatable bonds is 3. The van der Waals surface area contributed by atoms with Gasteiger partial charge in [-0.1, -0.05) is 5.92 Å². The normalized spacial score (nSPS) is 30.4. The fourth-order valence-electron chi connectivity index (χ4n) is 1.60. The van der Waals surface area contributed by atoms with E-state index in [1.165, 1.54) is 0 Å². The third-order valence-electron chi connectivity index (χ3n) is 2.13. The molecule has 68 valence electrons. The monoisotopic (exact) mass is 171 g/mol. The van der Waals surface area contributed by atoms with Crippen LogP contribution < -0.4 is 0 Å². The van der Waals surface area contributed by atoms with Crippen molar-refractivity contribution in [3.63, 3.8) is 0 Å². The number of hydrogen-bond acceptors (Lipinski definition) is 2. The van der Waals surface area contributed by atoms with Crippen molar-refractivity contribution in [2.45, 2.75) is 18.6 Å². The highest BCUT2D eigenvalue weighted by atomic mass is 19.1. The molecule has 0 N–H and O–H groups in total. The van der Waals surface area contributed by atoms with Crippen LogP contribution in [-0.2, 0) is 4.74 Å². The molecule has 0 aromatic heterocycles. The van der Waals surface area contributed by atoms with Crippen LogP contribution in [0.3, 0.4) is 0 Å². The summed E-state index contributed by atoms with van der Waals surface area (Å²) in [4.78, 5) is 1.95. The van der Waals surface area contributed by atoms with Crippen LogP contribution in [0, 0.1) is 12.3 Å². The van der Waals surface area contributed by atoms with Gasteiger partial charge >= 0.3 is 0 Å². The van der Waals surface area contributed by atoms with Gasteiger partial charge in [-0.3, -0.25) is 4.90 Å². The minimum absolute atomic E-state index is 0.168. The summed E-state index contributed by atoms with van der Waals surface area (Å²) in [6.07, 6.45) is 4.97. The van der Waals surface area contributed by atoms with Crippen molar-refractivity contribution in [2.75, 3.05) is 26.8 Å². The second-order valence-corrected chi connectivity index (χ2v) is 3.08. The van der Waals surface area contributed by atoms with Crippen LogP contribution in [0.25, 0.3) is 0 Å². The average Bonchev–Trinajstić information content (AvgIpc) is 2.33. The summed E-state index contributed by atoms with van der Waals surface area (Å²) in [5.41, 5.74) is 0. The zero-order chi connectivity index (χ0) is 8.97. The van der Waals surface area contributed by atoms with Gasteiger partial charge in [0.15, 0.2) is 0 Å². The lowest BCUT2D eigenvalue weighted by atomic mass is 10.2. The van der Waals surface area contributed by atoms with Crippen molar-refractivity contribution >= 4 is 0 Å². The van der Waals surface area contributed by atoms with Gasteiger partial charge in [0.1, 0.15) is 6.17 Å². The molecule has 0 spiro atoms. The molecule has 1 saturated heterocycles. The van der Waals surface area contributed by atoms with Gasteiger partial charge in [0.25, 0.3) is 0 Å². The Balaban J connectivity index is 2.42. The van der Waals surface area contributed by atoms with E-state index in [1.807, 2.05) is 4.90 Å². The number of terminal acetylenes is 1. The van der Waals surface area contributed by atoms with E-state index in [4.69, 9.17) is 11.2 Å². The summed E-state index contributed by atoms with van der Waals surface area (Å²) in [7, 11) is 1.62. The Morgan fingerprint density at radius 1 is 1.75 bits per heavy atom. The van der Waals surface area contributed by atoms with Crippen LogP contribution in [0.1, 0.15) is 6.42 Å². The van der Waals surface area contributed by atoms with Crippen molar-refractivity contribution in [1.82, 2.24) is 4.90 Å². The summed E-state index contributed by atoms with van der Waals surface area (Å²) in [6.45, 7) is 1.55. The fraction of sp³-hybridized carbons (Fsp3) is 0.778. The number of ether oxygens (including phenoxy) is 1. The Bertz CT molecular complexity index is 178. The van der Waals surface area contributed by atoms with Crippen LogP contribution in [0.4, 0.5) is 4.39 Å². The van der Waals surface area contributed by atoms with Crippen molar-refractivity contribution in [1.29, 1.82) is 0 Å². The molecule has 1 heterocycles. The molecule has 0 aromatic rings. The minimum Gasteiger partial charge on any atom is -0.383 e. The van der Waals surface area contributed by atoms with Crippen molar-refractivity contribution in [2.24, 2.45) is 0 Å². The van der Waals surface area contributed by atoms with E-state index in [0.717, 1.165) is 0 Å². The standard InChI is InChI=1S/C9H14FNO/c1-3-4-11-6-8(10)5-9(11)7-12-2/h1,8-9H,4-7H2,2H3/t8-,9-/m0/s1. The Morgan fingerprint density at radius 2 is 2.50 bits per heavy atom. The zero-order valence-corrected chi connectivity index (χ0v) is 7.29. The number of halogens is 1. The third-order valence-corrected chi connectivity index (χ3v) is 2.13. The third kappa shape index (κ3) is 2.20. The maximum Gasteiger partial charge on any atom is 0.114 e. The van der Waals surface area contributed by atoms with Gasteiger partial charge in [-0.2, -0.15) is 0 Å². The van der Waals surface area contributed by atoms with Gasteiger partial charge < -0.3 is 4.74 Å². The SMILES string of the molecule is C#CCN1C[C@@H](F)C[C@H]1COC. The molecule has 0 aliphatic carbocycles. The highest BCUT2D eigenvalue weighted by Crippen LogP contribution is 2.19. The zero-order valence-electron chi connectivity index (χ0n) is 7.29.